The summed E-state index contributed by atoms with van der Waals surface area (Å²) in [5.74, 6) is 1.23. The molecule has 1 atom stereocenters. The molecule has 0 aliphatic carbocycles. The van der Waals surface area contributed by atoms with E-state index in [1.807, 2.05) is 49.3 Å². The lowest BCUT2D eigenvalue weighted by Crippen LogP contribution is -2.12. The maximum absolute atomic E-state index is 6.11. The standard InChI is InChI=1S/C13H18N4O/c1-17(2)13-15-12(18-16-13)9-8-11(14)10-6-4-3-5-7-10/h3-7,11H,8-9,14H2,1-2H3. The van der Waals surface area contributed by atoms with Gasteiger partial charge in [-0.25, -0.2) is 0 Å². The van der Waals surface area contributed by atoms with Crippen LogP contribution in [0.2, 0.25) is 0 Å². The van der Waals surface area contributed by atoms with Crippen molar-refractivity contribution in [3.8, 4) is 0 Å². The largest absolute Gasteiger partial charge is 0.344 e. The van der Waals surface area contributed by atoms with Crippen LogP contribution in [0.1, 0.15) is 23.9 Å². The lowest BCUT2D eigenvalue weighted by atomic mass is 10.0. The number of aromatic nitrogens is 2. The molecule has 1 aromatic heterocycles. The molecule has 0 bridgehead atoms. The molecular formula is C13H18N4O. The Morgan fingerprint density at radius 1 is 1.28 bits per heavy atom. The summed E-state index contributed by atoms with van der Waals surface area (Å²) in [5, 5.41) is 3.87. The van der Waals surface area contributed by atoms with E-state index in [2.05, 4.69) is 10.1 Å². The van der Waals surface area contributed by atoms with Crippen LogP contribution in [0.25, 0.3) is 0 Å². The number of hydrogen-bond acceptors (Lipinski definition) is 5. The number of aryl methyl sites for hydroxylation is 1. The third kappa shape index (κ3) is 3.07. The van der Waals surface area contributed by atoms with Crippen molar-refractivity contribution in [1.29, 1.82) is 0 Å². The molecule has 1 aromatic carbocycles. The molecule has 5 nitrogen and oxygen atoms in total. The highest BCUT2D eigenvalue weighted by Gasteiger charge is 2.11. The molecule has 2 aromatic rings. The number of benzene rings is 1. The second kappa shape index (κ2) is 5.64. The van der Waals surface area contributed by atoms with Crippen molar-refractivity contribution in [1.82, 2.24) is 10.1 Å². The highest BCUT2D eigenvalue weighted by Crippen LogP contribution is 2.16. The quantitative estimate of drug-likeness (QED) is 0.870. The Morgan fingerprint density at radius 2 is 2.00 bits per heavy atom. The van der Waals surface area contributed by atoms with Gasteiger partial charge >= 0.3 is 0 Å². The predicted molar refractivity (Wildman–Crippen MR) is 70.3 cm³/mol. The van der Waals surface area contributed by atoms with Gasteiger partial charge in [-0.3, -0.25) is 0 Å². The molecule has 0 spiro atoms. The van der Waals surface area contributed by atoms with Gasteiger partial charge in [0.25, 0.3) is 5.95 Å². The Kier molecular flexibility index (Phi) is 3.94. The number of anilines is 1. The lowest BCUT2D eigenvalue weighted by molar-refractivity contribution is 0.371. The zero-order chi connectivity index (χ0) is 13.0. The van der Waals surface area contributed by atoms with Gasteiger partial charge in [0, 0.05) is 26.6 Å². The summed E-state index contributed by atoms with van der Waals surface area (Å²) >= 11 is 0. The van der Waals surface area contributed by atoms with Gasteiger partial charge in [0.05, 0.1) is 0 Å². The number of hydrogen-bond donors (Lipinski definition) is 1. The normalized spacial score (nSPS) is 12.4. The molecule has 96 valence electrons. The van der Waals surface area contributed by atoms with Gasteiger partial charge in [-0.1, -0.05) is 30.3 Å². The van der Waals surface area contributed by atoms with Crippen LogP contribution >= 0.6 is 0 Å². The average molecular weight is 246 g/mol. The van der Waals surface area contributed by atoms with Gasteiger partial charge in [0.2, 0.25) is 5.89 Å². The SMILES string of the molecule is CN(C)c1noc(CCC(N)c2ccccc2)n1. The summed E-state index contributed by atoms with van der Waals surface area (Å²) in [6.45, 7) is 0. The van der Waals surface area contributed by atoms with Crippen LogP contribution in [0.3, 0.4) is 0 Å². The van der Waals surface area contributed by atoms with E-state index < -0.39 is 0 Å². The van der Waals surface area contributed by atoms with Crippen LogP contribution < -0.4 is 10.6 Å². The smallest absolute Gasteiger partial charge is 0.265 e. The summed E-state index contributed by atoms with van der Waals surface area (Å²) < 4.78 is 5.15. The summed E-state index contributed by atoms with van der Waals surface area (Å²) in [7, 11) is 3.76. The van der Waals surface area contributed by atoms with E-state index >= 15 is 0 Å². The molecule has 5 heteroatoms. The molecule has 0 amide bonds. The van der Waals surface area contributed by atoms with E-state index in [1.165, 1.54) is 0 Å². The summed E-state index contributed by atoms with van der Waals surface area (Å²) in [4.78, 5) is 6.08. The monoisotopic (exact) mass is 246 g/mol. The number of rotatable bonds is 5. The predicted octanol–water partition coefficient (Wildman–Crippen LogP) is 1.77. The van der Waals surface area contributed by atoms with E-state index in [4.69, 9.17) is 10.3 Å². The van der Waals surface area contributed by atoms with Gasteiger partial charge in [-0.15, -0.1) is 0 Å². The van der Waals surface area contributed by atoms with Crippen molar-refractivity contribution < 1.29 is 4.52 Å². The van der Waals surface area contributed by atoms with E-state index in [9.17, 15) is 0 Å². The molecule has 0 saturated heterocycles. The summed E-state index contributed by atoms with van der Waals surface area (Å²) in [6, 6.07) is 10.0. The van der Waals surface area contributed by atoms with Crippen molar-refractivity contribution in [2.45, 2.75) is 18.9 Å². The van der Waals surface area contributed by atoms with Crippen molar-refractivity contribution in [3.63, 3.8) is 0 Å². The van der Waals surface area contributed by atoms with Crippen LogP contribution in [0.4, 0.5) is 5.95 Å². The first-order chi connectivity index (χ1) is 8.66. The van der Waals surface area contributed by atoms with Crippen molar-refractivity contribution in [2.75, 3.05) is 19.0 Å². The molecule has 0 fully saturated rings. The van der Waals surface area contributed by atoms with Crippen LogP contribution in [0, 0.1) is 0 Å². The fourth-order valence-corrected chi connectivity index (χ4v) is 1.67. The topological polar surface area (TPSA) is 68.2 Å². The Hall–Kier alpha value is -1.88. The molecule has 0 radical (unpaired) electrons. The van der Waals surface area contributed by atoms with Crippen LogP contribution in [-0.2, 0) is 6.42 Å². The lowest BCUT2D eigenvalue weighted by Gasteiger charge is -2.09. The summed E-state index contributed by atoms with van der Waals surface area (Å²) in [5.41, 5.74) is 7.24. The molecule has 1 heterocycles. The zero-order valence-electron chi connectivity index (χ0n) is 10.7. The Morgan fingerprint density at radius 3 is 2.61 bits per heavy atom. The molecule has 0 aliphatic rings. The van der Waals surface area contributed by atoms with Crippen molar-refractivity contribution in [2.24, 2.45) is 5.73 Å². The van der Waals surface area contributed by atoms with Crippen LogP contribution in [0.5, 0.6) is 0 Å². The van der Waals surface area contributed by atoms with E-state index in [1.54, 1.807) is 0 Å². The molecular weight excluding hydrogens is 228 g/mol. The maximum atomic E-state index is 6.11. The molecule has 1 unspecified atom stereocenters. The van der Waals surface area contributed by atoms with Gasteiger partial charge in [0.1, 0.15) is 0 Å². The van der Waals surface area contributed by atoms with Crippen LogP contribution in [-0.4, -0.2) is 24.2 Å². The Labute approximate surface area is 107 Å². The second-order valence-electron chi connectivity index (χ2n) is 4.44. The minimum atomic E-state index is 0.000839. The fraction of sp³-hybridized carbons (Fsp3) is 0.385. The molecule has 0 aliphatic heterocycles. The minimum Gasteiger partial charge on any atom is -0.344 e. The minimum absolute atomic E-state index is 0.000839. The third-order valence-electron chi connectivity index (χ3n) is 2.75. The average Bonchev–Trinajstić information content (AvgIpc) is 2.86. The van der Waals surface area contributed by atoms with E-state index in [0.29, 0.717) is 18.3 Å². The highest BCUT2D eigenvalue weighted by atomic mass is 16.5. The molecule has 18 heavy (non-hydrogen) atoms. The third-order valence-corrected chi connectivity index (χ3v) is 2.75. The van der Waals surface area contributed by atoms with Crippen molar-refractivity contribution in [3.05, 3.63) is 41.8 Å². The van der Waals surface area contributed by atoms with Gasteiger partial charge in [-0.05, 0) is 17.1 Å². The molecule has 2 rings (SSSR count). The first kappa shape index (κ1) is 12.6. The van der Waals surface area contributed by atoms with Crippen molar-refractivity contribution >= 4 is 5.95 Å². The van der Waals surface area contributed by atoms with E-state index in [0.717, 1.165) is 12.0 Å². The summed E-state index contributed by atoms with van der Waals surface area (Å²) in [6.07, 6.45) is 1.48. The first-order valence-corrected chi connectivity index (χ1v) is 5.97. The van der Waals surface area contributed by atoms with Gasteiger partial charge in [0.15, 0.2) is 0 Å². The zero-order valence-corrected chi connectivity index (χ0v) is 10.7. The number of nitrogens with zero attached hydrogens (tertiary/aromatic N) is 3. The van der Waals surface area contributed by atoms with Gasteiger partial charge in [-0.2, -0.15) is 4.98 Å². The fourth-order valence-electron chi connectivity index (χ4n) is 1.67. The molecule has 2 N–H and O–H groups in total. The van der Waals surface area contributed by atoms with E-state index in [-0.39, 0.29) is 6.04 Å². The molecule has 0 saturated carbocycles. The van der Waals surface area contributed by atoms with Crippen LogP contribution in [0.15, 0.2) is 34.9 Å². The first-order valence-electron chi connectivity index (χ1n) is 5.97. The Bertz CT molecular complexity index is 481. The van der Waals surface area contributed by atoms with Gasteiger partial charge < -0.3 is 15.2 Å². The Balaban J connectivity index is 1.91. The second-order valence-corrected chi connectivity index (χ2v) is 4.44. The number of nitrogens with two attached hydrogens (primary N) is 1. The highest BCUT2D eigenvalue weighted by molar-refractivity contribution is 5.23. The maximum Gasteiger partial charge on any atom is 0.265 e.